The van der Waals surface area contributed by atoms with Crippen molar-refractivity contribution in [3.63, 3.8) is 0 Å². The molecule has 0 saturated carbocycles. The normalized spacial score (nSPS) is 10.8. The van der Waals surface area contributed by atoms with Gasteiger partial charge in [0.05, 0.1) is 0 Å². The van der Waals surface area contributed by atoms with Gasteiger partial charge >= 0.3 is 0 Å². The van der Waals surface area contributed by atoms with Crippen LogP contribution < -0.4 is 0 Å². The molecule has 0 aliphatic carbocycles. The molecule has 0 aliphatic rings. The van der Waals surface area contributed by atoms with Crippen molar-refractivity contribution < 1.29 is 4.79 Å². The van der Waals surface area contributed by atoms with Gasteiger partial charge in [-0.15, -0.1) is 0 Å². The van der Waals surface area contributed by atoms with Crippen molar-refractivity contribution >= 4 is 5.78 Å². The van der Waals surface area contributed by atoms with E-state index in [1.807, 2.05) is 12.1 Å². The Morgan fingerprint density at radius 1 is 0.667 bits per heavy atom. The smallest absolute Gasteiger partial charge is 0.159 e. The second-order valence-electron chi connectivity index (χ2n) is 6.73. The van der Waals surface area contributed by atoms with Crippen LogP contribution in [0, 0.1) is 0 Å². The van der Waals surface area contributed by atoms with Gasteiger partial charge in [-0.1, -0.05) is 68.3 Å². The Hall–Kier alpha value is -1.89. The van der Waals surface area contributed by atoms with Crippen LogP contribution in [0.15, 0.2) is 48.5 Å². The minimum atomic E-state index is 0.141. The molecule has 2 aromatic rings. The maximum Gasteiger partial charge on any atom is 0.159 e. The Labute approximate surface area is 147 Å². The van der Waals surface area contributed by atoms with Crippen molar-refractivity contribution in [2.45, 2.75) is 65.2 Å². The van der Waals surface area contributed by atoms with Crippen LogP contribution in [0.2, 0.25) is 0 Å². The van der Waals surface area contributed by atoms with E-state index >= 15 is 0 Å². The molecule has 0 aliphatic heterocycles. The number of carbonyl (C=O) groups is 1. The summed E-state index contributed by atoms with van der Waals surface area (Å²) in [6.45, 7) is 3.86. The molecule has 2 rings (SSSR count). The molecule has 2 aromatic carbocycles. The summed E-state index contributed by atoms with van der Waals surface area (Å²) < 4.78 is 0. The van der Waals surface area contributed by atoms with E-state index < -0.39 is 0 Å². The van der Waals surface area contributed by atoms with Crippen molar-refractivity contribution in [1.29, 1.82) is 0 Å². The third kappa shape index (κ3) is 6.31. The van der Waals surface area contributed by atoms with Crippen molar-refractivity contribution in [1.82, 2.24) is 0 Å². The zero-order valence-corrected chi connectivity index (χ0v) is 15.2. The summed E-state index contributed by atoms with van der Waals surface area (Å²) in [4.78, 5) is 11.3. The highest BCUT2D eigenvalue weighted by atomic mass is 16.1. The summed E-state index contributed by atoms with van der Waals surface area (Å²) in [6.07, 6.45) is 9.76. The number of hydrogen-bond donors (Lipinski definition) is 0. The van der Waals surface area contributed by atoms with Gasteiger partial charge in [0.25, 0.3) is 0 Å². The molecule has 0 saturated heterocycles. The standard InChI is InChI=1S/C23H30O/c1-3-4-8-20-11-13-21(14-12-20)9-6-5-7-10-22-15-17-23(18-16-22)19(2)24/h11-18H,3-10H2,1-2H3. The maximum atomic E-state index is 11.3. The molecule has 0 atom stereocenters. The highest BCUT2D eigenvalue weighted by Gasteiger charge is 2.00. The molecular formula is C23H30O. The van der Waals surface area contributed by atoms with Gasteiger partial charge in [-0.2, -0.15) is 0 Å². The number of unbranched alkanes of at least 4 members (excludes halogenated alkanes) is 3. The van der Waals surface area contributed by atoms with E-state index in [1.165, 1.54) is 61.6 Å². The summed E-state index contributed by atoms with van der Waals surface area (Å²) in [5.74, 6) is 0.141. The molecule has 128 valence electrons. The van der Waals surface area contributed by atoms with Crippen molar-refractivity contribution in [3.8, 4) is 0 Å². The monoisotopic (exact) mass is 322 g/mol. The van der Waals surface area contributed by atoms with E-state index in [2.05, 4.69) is 43.3 Å². The number of hydrogen-bond acceptors (Lipinski definition) is 1. The third-order valence-electron chi connectivity index (χ3n) is 4.63. The molecule has 1 nitrogen and oxygen atoms in total. The van der Waals surface area contributed by atoms with Crippen LogP contribution in [0.3, 0.4) is 0 Å². The zero-order chi connectivity index (χ0) is 17.2. The highest BCUT2D eigenvalue weighted by molar-refractivity contribution is 5.93. The van der Waals surface area contributed by atoms with Gasteiger partial charge in [0.1, 0.15) is 0 Å². The quantitative estimate of drug-likeness (QED) is 0.376. The minimum Gasteiger partial charge on any atom is -0.295 e. The molecule has 0 amide bonds. The fourth-order valence-electron chi connectivity index (χ4n) is 2.99. The Bertz CT molecular complexity index is 607. The Morgan fingerprint density at radius 3 is 1.50 bits per heavy atom. The number of aryl methyl sites for hydroxylation is 3. The number of Topliss-reactive ketones (excluding diaryl/α,β-unsaturated/α-hetero) is 1. The minimum absolute atomic E-state index is 0.141. The predicted molar refractivity (Wildman–Crippen MR) is 103 cm³/mol. The van der Waals surface area contributed by atoms with Crippen LogP contribution in [-0.4, -0.2) is 5.78 Å². The van der Waals surface area contributed by atoms with Crippen LogP contribution in [-0.2, 0) is 19.3 Å². The van der Waals surface area contributed by atoms with Gasteiger partial charge in [0, 0.05) is 5.56 Å². The van der Waals surface area contributed by atoms with Crippen molar-refractivity contribution in [2.75, 3.05) is 0 Å². The molecule has 0 bridgehead atoms. The van der Waals surface area contributed by atoms with Crippen LogP contribution in [0.4, 0.5) is 0 Å². The Morgan fingerprint density at radius 2 is 1.08 bits per heavy atom. The molecule has 0 N–H and O–H groups in total. The topological polar surface area (TPSA) is 17.1 Å². The lowest BCUT2D eigenvalue weighted by Gasteiger charge is -2.05. The van der Waals surface area contributed by atoms with E-state index in [4.69, 9.17) is 0 Å². The summed E-state index contributed by atoms with van der Waals surface area (Å²) in [7, 11) is 0. The fraction of sp³-hybridized carbons (Fsp3) is 0.435. The molecule has 0 spiro atoms. The number of benzene rings is 2. The lowest BCUT2D eigenvalue weighted by molar-refractivity contribution is 0.101. The van der Waals surface area contributed by atoms with E-state index in [-0.39, 0.29) is 5.78 Å². The molecule has 0 fully saturated rings. The molecule has 0 unspecified atom stereocenters. The van der Waals surface area contributed by atoms with Gasteiger partial charge in [-0.05, 0) is 62.1 Å². The summed E-state index contributed by atoms with van der Waals surface area (Å²) in [6, 6.07) is 17.2. The number of rotatable bonds is 10. The zero-order valence-electron chi connectivity index (χ0n) is 15.2. The van der Waals surface area contributed by atoms with E-state index in [0.29, 0.717) is 0 Å². The first kappa shape index (κ1) is 18.4. The fourth-order valence-corrected chi connectivity index (χ4v) is 2.99. The average molecular weight is 322 g/mol. The third-order valence-corrected chi connectivity index (χ3v) is 4.63. The van der Waals surface area contributed by atoms with Crippen LogP contribution in [0.25, 0.3) is 0 Å². The molecule has 1 heteroatoms. The van der Waals surface area contributed by atoms with E-state index in [1.54, 1.807) is 6.92 Å². The number of carbonyl (C=O) groups excluding carboxylic acids is 1. The second kappa shape index (κ2) is 10.1. The Kier molecular flexibility index (Phi) is 7.74. The molecule has 0 aromatic heterocycles. The van der Waals surface area contributed by atoms with Crippen LogP contribution >= 0.6 is 0 Å². The first-order chi connectivity index (χ1) is 11.7. The summed E-state index contributed by atoms with van der Waals surface area (Å²) in [5.41, 5.74) is 5.07. The van der Waals surface area contributed by atoms with Crippen molar-refractivity contribution in [3.05, 3.63) is 70.8 Å². The van der Waals surface area contributed by atoms with E-state index in [9.17, 15) is 4.79 Å². The van der Waals surface area contributed by atoms with Crippen LogP contribution in [0.5, 0.6) is 0 Å². The van der Waals surface area contributed by atoms with Gasteiger partial charge < -0.3 is 0 Å². The molecular weight excluding hydrogens is 292 g/mol. The average Bonchev–Trinajstić information content (AvgIpc) is 2.61. The highest BCUT2D eigenvalue weighted by Crippen LogP contribution is 2.13. The first-order valence-electron chi connectivity index (χ1n) is 9.36. The maximum absolute atomic E-state index is 11.3. The molecule has 0 heterocycles. The van der Waals surface area contributed by atoms with Gasteiger partial charge in [0.2, 0.25) is 0 Å². The Balaban J connectivity index is 1.64. The van der Waals surface area contributed by atoms with Gasteiger partial charge in [-0.3, -0.25) is 4.79 Å². The van der Waals surface area contributed by atoms with E-state index in [0.717, 1.165) is 12.0 Å². The largest absolute Gasteiger partial charge is 0.295 e. The first-order valence-corrected chi connectivity index (χ1v) is 9.36. The molecule has 24 heavy (non-hydrogen) atoms. The lowest BCUT2D eigenvalue weighted by atomic mass is 10.0. The molecule has 0 radical (unpaired) electrons. The second-order valence-corrected chi connectivity index (χ2v) is 6.73. The summed E-state index contributed by atoms with van der Waals surface area (Å²) in [5, 5.41) is 0. The van der Waals surface area contributed by atoms with Crippen molar-refractivity contribution in [2.24, 2.45) is 0 Å². The summed E-state index contributed by atoms with van der Waals surface area (Å²) >= 11 is 0. The number of ketones is 1. The van der Waals surface area contributed by atoms with Crippen LogP contribution in [0.1, 0.15) is 73.0 Å². The lowest BCUT2D eigenvalue weighted by Crippen LogP contribution is -1.93. The SMILES string of the molecule is CCCCc1ccc(CCCCCc2ccc(C(C)=O)cc2)cc1. The van der Waals surface area contributed by atoms with Gasteiger partial charge in [-0.25, -0.2) is 0 Å². The van der Waals surface area contributed by atoms with Gasteiger partial charge in [0.15, 0.2) is 5.78 Å². The predicted octanol–water partition coefficient (Wildman–Crippen LogP) is 6.19.